The Morgan fingerprint density at radius 2 is 1.91 bits per heavy atom. The molecule has 126 valence electrons. The molecule has 5 nitrogen and oxygen atoms in total. The summed E-state index contributed by atoms with van der Waals surface area (Å²) in [5.74, 6) is 1.31. The third-order valence-corrected chi connectivity index (χ3v) is 6.20. The fourth-order valence-electron chi connectivity index (χ4n) is 3.52. The van der Waals surface area contributed by atoms with Crippen LogP contribution in [0.5, 0.6) is 0 Å². The van der Waals surface area contributed by atoms with Gasteiger partial charge in [-0.05, 0) is 38.8 Å². The Morgan fingerprint density at radius 1 is 1.17 bits per heavy atom. The lowest BCUT2D eigenvalue weighted by Crippen LogP contribution is -2.46. The molecule has 0 N–H and O–H groups in total. The quantitative estimate of drug-likeness (QED) is 0.845. The molecule has 2 saturated heterocycles. The van der Waals surface area contributed by atoms with Crippen molar-refractivity contribution in [1.29, 1.82) is 0 Å². The molecule has 23 heavy (non-hydrogen) atoms. The SMILES string of the molecule is O=C(C1CCN(Cc2csc(C3CC3)n2)CC1)N1CCOCC1. The van der Waals surface area contributed by atoms with Crippen molar-refractivity contribution in [2.75, 3.05) is 39.4 Å². The van der Waals surface area contributed by atoms with Crippen LogP contribution in [0, 0.1) is 5.92 Å². The number of aromatic nitrogens is 1. The number of carbonyl (C=O) groups excluding carboxylic acids is 1. The minimum atomic E-state index is 0.210. The first-order valence-electron chi connectivity index (χ1n) is 8.83. The van der Waals surface area contributed by atoms with Gasteiger partial charge in [-0.25, -0.2) is 4.98 Å². The van der Waals surface area contributed by atoms with Crippen LogP contribution in [0.2, 0.25) is 0 Å². The molecular weight excluding hydrogens is 310 g/mol. The second-order valence-electron chi connectivity index (χ2n) is 6.94. The third kappa shape index (κ3) is 3.75. The summed E-state index contributed by atoms with van der Waals surface area (Å²) in [6, 6.07) is 0. The maximum absolute atomic E-state index is 12.5. The lowest BCUT2D eigenvalue weighted by molar-refractivity contribution is -0.141. The zero-order chi connectivity index (χ0) is 15.6. The first kappa shape index (κ1) is 15.5. The van der Waals surface area contributed by atoms with Gasteiger partial charge < -0.3 is 9.64 Å². The molecule has 6 heteroatoms. The number of thiazole rings is 1. The van der Waals surface area contributed by atoms with Gasteiger partial charge in [-0.1, -0.05) is 0 Å². The Balaban J connectivity index is 1.25. The van der Waals surface area contributed by atoms with E-state index in [9.17, 15) is 4.79 Å². The zero-order valence-electron chi connectivity index (χ0n) is 13.6. The van der Waals surface area contributed by atoms with Gasteiger partial charge in [0, 0.05) is 36.9 Å². The first-order valence-corrected chi connectivity index (χ1v) is 9.71. The molecule has 1 saturated carbocycles. The Bertz CT molecular complexity index is 544. The van der Waals surface area contributed by atoms with E-state index < -0.39 is 0 Å². The Kier molecular flexibility index (Phi) is 4.64. The van der Waals surface area contributed by atoms with E-state index in [2.05, 4.69) is 10.3 Å². The molecule has 0 bridgehead atoms. The maximum Gasteiger partial charge on any atom is 0.225 e. The minimum Gasteiger partial charge on any atom is -0.378 e. The van der Waals surface area contributed by atoms with Crippen molar-refractivity contribution in [3.8, 4) is 0 Å². The number of carbonyl (C=O) groups is 1. The second-order valence-corrected chi connectivity index (χ2v) is 7.83. The molecule has 1 amide bonds. The summed E-state index contributed by atoms with van der Waals surface area (Å²) in [5.41, 5.74) is 1.22. The van der Waals surface area contributed by atoms with Crippen molar-refractivity contribution in [3.05, 3.63) is 16.1 Å². The number of nitrogens with zero attached hydrogens (tertiary/aromatic N) is 3. The molecule has 0 atom stereocenters. The number of likely N-dealkylation sites (tertiary alicyclic amines) is 1. The zero-order valence-corrected chi connectivity index (χ0v) is 14.4. The van der Waals surface area contributed by atoms with Gasteiger partial charge in [-0.3, -0.25) is 9.69 Å². The van der Waals surface area contributed by atoms with E-state index in [1.54, 1.807) is 0 Å². The Morgan fingerprint density at radius 3 is 2.61 bits per heavy atom. The number of hydrogen-bond acceptors (Lipinski definition) is 5. The van der Waals surface area contributed by atoms with Crippen molar-refractivity contribution < 1.29 is 9.53 Å². The molecule has 3 fully saturated rings. The highest BCUT2D eigenvalue weighted by Crippen LogP contribution is 2.41. The van der Waals surface area contributed by atoms with Crippen molar-refractivity contribution in [3.63, 3.8) is 0 Å². The third-order valence-electron chi connectivity index (χ3n) is 5.14. The summed E-state index contributed by atoms with van der Waals surface area (Å²) in [5, 5.41) is 3.55. The fourth-order valence-corrected chi connectivity index (χ4v) is 4.50. The predicted octanol–water partition coefficient (Wildman–Crippen LogP) is 2.09. The van der Waals surface area contributed by atoms with Crippen LogP contribution in [0.1, 0.15) is 42.3 Å². The summed E-state index contributed by atoms with van der Waals surface area (Å²) in [6.45, 7) is 5.88. The molecule has 1 aromatic heterocycles. The normalized spacial score (nSPS) is 24.1. The van der Waals surface area contributed by atoms with Gasteiger partial charge >= 0.3 is 0 Å². The maximum atomic E-state index is 12.5. The molecule has 2 aliphatic heterocycles. The summed E-state index contributed by atoms with van der Waals surface area (Å²) < 4.78 is 5.34. The van der Waals surface area contributed by atoms with E-state index in [0.29, 0.717) is 19.1 Å². The average molecular weight is 335 g/mol. The molecular formula is C17H25N3O2S. The Hall–Kier alpha value is -0.980. The number of hydrogen-bond donors (Lipinski definition) is 0. The number of amides is 1. The molecule has 0 aromatic carbocycles. The standard InChI is InChI=1S/C17H25N3O2S/c21-17(20-7-9-22-10-8-20)14-3-5-19(6-4-14)11-15-12-23-16(18-15)13-1-2-13/h12-14H,1-11H2. The van der Waals surface area contributed by atoms with E-state index >= 15 is 0 Å². The van der Waals surface area contributed by atoms with E-state index in [0.717, 1.165) is 51.5 Å². The second kappa shape index (κ2) is 6.87. The van der Waals surface area contributed by atoms with Crippen LogP contribution in [0.15, 0.2) is 5.38 Å². The van der Waals surface area contributed by atoms with Crippen molar-refractivity contribution in [2.45, 2.75) is 38.1 Å². The molecule has 3 heterocycles. The number of piperidine rings is 1. The van der Waals surface area contributed by atoms with Gasteiger partial charge in [-0.15, -0.1) is 11.3 Å². The van der Waals surface area contributed by atoms with Crippen molar-refractivity contribution >= 4 is 17.2 Å². The lowest BCUT2D eigenvalue weighted by atomic mass is 9.95. The van der Waals surface area contributed by atoms with Crippen LogP contribution in [0.3, 0.4) is 0 Å². The average Bonchev–Trinajstić information content (AvgIpc) is 3.36. The van der Waals surface area contributed by atoms with Crippen LogP contribution < -0.4 is 0 Å². The van der Waals surface area contributed by atoms with E-state index in [-0.39, 0.29) is 5.92 Å². The van der Waals surface area contributed by atoms with Gasteiger partial charge in [0.05, 0.1) is 23.9 Å². The lowest BCUT2D eigenvalue weighted by Gasteiger charge is -2.35. The number of rotatable bonds is 4. The van der Waals surface area contributed by atoms with Crippen LogP contribution in [0.25, 0.3) is 0 Å². The summed E-state index contributed by atoms with van der Waals surface area (Å²) in [7, 11) is 0. The van der Waals surface area contributed by atoms with E-state index in [4.69, 9.17) is 9.72 Å². The molecule has 0 radical (unpaired) electrons. The molecule has 4 rings (SSSR count). The number of morpholine rings is 1. The number of ether oxygens (including phenoxy) is 1. The largest absolute Gasteiger partial charge is 0.378 e. The predicted molar refractivity (Wildman–Crippen MR) is 89.5 cm³/mol. The van der Waals surface area contributed by atoms with Gasteiger partial charge in [0.2, 0.25) is 5.91 Å². The molecule has 3 aliphatic rings. The van der Waals surface area contributed by atoms with E-state index in [1.165, 1.54) is 23.5 Å². The van der Waals surface area contributed by atoms with Crippen molar-refractivity contribution in [2.24, 2.45) is 5.92 Å². The molecule has 1 aromatic rings. The smallest absolute Gasteiger partial charge is 0.225 e. The van der Waals surface area contributed by atoms with Crippen LogP contribution in [-0.2, 0) is 16.1 Å². The van der Waals surface area contributed by atoms with Gasteiger partial charge in [0.15, 0.2) is 0 Å². The monoisotopic (exact) mass is 335 g/mol. The first-order chi connectivity index (χ1) is 11.3. The van der Waals surface area contributed by atoms with E-state index in [1.807, 2.05) is 16.2 Å². The Labute approximate surface area is 141 Å². The minimum absolute atomic E-state index is 0.210. The molecule has 0 spiro atoms. The fraction of sp³-hybridized carbons (Fsp3) is 0.765. The van der Waals surface area contributed by atoms with Gasteiger partial charge in [0.25, 0.3) is 0 Å². The van der Waals surface area contributed by atoms with Gasteiger partial charge in [-0.2, -0.15) is 0 Å². The highest BCUT2D eigenvalue weighted by Gasteiger charge is 2.30. The summed E-state index contributed by atoms with van der Waals surface area (Å²) in [6.07, 6.45) is 4.61. The van der Waals surface area contributed by atoms with Gasteiger partial charge in [0.1, 0.15) is 0 Å². The summed E-state index contributed by atoms with van der Waals surface area (Å²) in [4.78, 5) is 21.8. The van der Waals surface area contributed by atoms with Crippen LogP contribution >= 0.6 is 11.3 Å². The van der Waals surface area contributed by atoms with Crippen LogP contribution in [0.4, 0.5) is 0 Å². The highest BCUT2D eigenvalue weighted by molar-refractivity contribution is 7.09. The van der Waals surface area contributed by atoms with Crippen LogP contribution in [-0.4, -0.2) is 60.1 Å². The topological polar surface area (TPSA) is 45.7 Å². The highest BCUT2D eigenvalue weighted by atomic mass is 32.1. The van der Waals surface area contributed by atoms with Crippen molar-refractivity contribution in [1.82, 2.24) is 14.8 Å². The molecule has 1 aliphatic carbocycles. The summed E-state index contributed by atoms with van der Waals surface area (Å²) >= 11 is 1.82. The molecule has 0 unspecified atom stereocenters.